The van der Waals surface area contributed by atoms with Gasteiger partial charge in [-0.2, -0.15) is 0 Å². The second-order valence-corrected chi connectivity index (χ2v) is 4.84. The molecule has 0 radical (unpaired) electrons. The van der Waals surface area contributed by atoms with Crippen molar-refractivity contribution in [3.05, 3.63) is 10.4 Å². The van der Waals surface area contributed by atoms with Crippen molar-refractivity contribution in [2.24, 2.45) is 5.73 Å². The van der Waals surface area contributed by atoms with E-state index in [1.807, 2.05) is 18.7 Å². The van der Waals surface area contributed by atoms with Gasteiger partial charge in [0.1, 0.15) is 5.00 Å². The number of anilines is 2. The molecule has 0 saturated heterocycles. The Hall–Kier alpha value is -1.56. The molecule has 100 valence electrons. The first-order valence-electron chi connectivity index (χ1n) is 5.97. The lowest BCUT2D eigenvalue weighted by Gasteiger charge is -2.19. The Balaban J connectivity index is 3.41. The van der Waals surface area contributed by atoms with Crippen LogP contribution < -0.4 is 16.4 Å². The molecule has 0 atom stereocenters. The van der Waals surface area contributed by atoms with Crippen LogP contribution in [0.5, 0.6) is 0 Å². The summed E-state index contributed by atoms with van der Waals surface area (Å²) in [5.74, 6) is -0.640. The van der Waals surface area contributed by atoms with Crippen LogP contribution >= 0.6 is 11.3 Å². The number of carbonyl (C=O) groups excluding carboxylic acids is 2. The molecule has 1 aromatic rings. The van der Waals surface area contributed by atoms with Crippen LogP contribution in [0.25, 0.3) is 0 Å². The van der Waals surface area contributed by atoms with E-state index >= 15 is 0 Å². The van der Waals surface area contributed by atoms with Crippen molar-refractivity contribution in [3.63, 3.8) is 0 Å². The molecular formula is C12H19N3O2S. The van der Waals surface area contributed by atoms with E-state index in [0.717, 1.165) is 13.1 Å². The standard InChI is InChI=1S/C12H19N3O2S/c1-4-7(16)10-9(13)8(11(14)17)12(18-10)15(5-2)6-3/h4-6,13H2,1-3H3,(H2,14,17). The third-order valence-corrected chi connectivity index (χ3v) is 4.11. The summed E-state index contributed by atoms with van der Waals surface area (Å²) in [5, 5.41) is 0.696. The second kappa shape index (κ2) is 5.86. The Morgan fingerprint density at radius 1 is 1.22 bits per heavy atom. The summed E-state index contributed by atoms with van der Waals surface area (Å²) in [6.45, 7) is 7.19. The zero-order valence-corrected chi connectivity index (χ0v) is 11.8. The van der Waals surface area contributed by atoms with Gasteiger partial charge in [0, 0.05) is 19.5 Å². The minimum absolute atomic E-state index is 0.0570. The SMILES string of the molecule is CCC(=O)c1sc(N(CC)CC)c(C(N)=O)c1N. The third-order valence-electron chi connectivity index (χ3n) is 2.80. The molecule has 0 saturated carbocycles. The van der Waals surface area contributed by atoms with E-state index in [1.165, 1.54) is 11.3 Å². The third kappa shape index (κ3) is 2.48. The van der Waals surface area contributed by atoms with E-state index in [2.05, 4.69) is 0 Å². The molecule has 0 bridgehead atoms. The Kier molecular flexibility index (Phi) is 4.72. The maximum atomic E-state index is 11.8. The normalized spacial score (nSPS) is 10.4. The number of nitrogens with zero attached hydrogens (tertiary/aromatic N) is 1. The zero-order valence-electron chi connectivity index (χ0n) is 10.9. The van der Waals surface area contributed by atoms with Gasteiger partial charge in [-0.3, -0.25) is 9.59 Å². The number of thiophene rings is 1. The van der Waals surface area contributed by atoms with Crippen molar-refractivity contribution >= 4 is 33.7 Å². The van der Waals surface area contributed by atoms with Gasteiger partial charge < -0.3 is 16.4 Å². The summed E-state index contributed by atoms with van der Waals surface area (Å²) in [6.07, 6.45) is 0.362. The topological polar surface area (TPSA) is 89.4 Å². The molecule has 0 aliphatic carbocycles. The van der Waals surface area contributed by atoms with Crippen LogP contribution in [0, 0.1) is 0 Å². The van der Waals surface area contributed by atoms with Crippen molar-refractivity contribution in [1.29, 1.82) is 0 Å². The largest absolute Gasteiger partial charge is 0.397 e. The van der Waals surface area contributed by atoms with E-state index in [1.54, 1.807) is 6.92 Å². The fraction of sp³-hybridized carbons (Fsp3) is 0.500. The highest BCUT2D eigenvalue weighted by Crippen LogP contribution is 2.38. The van der Waals surface area contributed by atoms with Crippen molar-refractivity contribution < 1.29 is 9.59 Å². The average Bonchev–Trinajstić information content (AvgIpc) is 2.68. The molecule has 0 aliphatic heterocycles. The maximum absolute atomic E-state index is 11.8. The molecule has 1 rings (SSSR count). The number of Topliss-reactive ketones (excluding diaryl/α,β-unsaturated/α-hetero) is 1. The van der Waals surface area contributed by atoms with Gasteiger partial charge in [-0.25, -0.2) is 0 Å². The van der Waals surface area contributed by atoms with Gasteiger partial charge in [0.15, 0.2) is 5.78 Å². The molecule has 1 amide bonds. The molecule has 0 fully saturated rings. The highest BCUT2D eigenvalue weighted by atomic mass is 32.1. The fourth-order valence-corrected chi connectivity index (χ4v) is 3.13. The van der Waals surface area contributed by atoms with Crippen molar-refractivity contribution in [3.8, 4) is 0 Å². The van der Waals surface area contributed by atoms with Crippen LogP contribution in [0.3, 0.4) is 0 Å². The number of carbonyl (C=O) groups is 2. The lowest BCUT2D eigenvalue weighted by atomic mass is 10.1. The number of hydrogen-bond acceptors (Lipinski definition) is 5. The Morgan fingerprint density at radius 3 is 2.17 bits per heavy atom. The lowest BCUT2D eigenvalue weighted by molar-refractivity contribution is 0.0991. The van der Waals surface area contributed by atoms with E-state index in [4.69, 9.17) is 11.5 Å². The molecule has 0 aromatic carbocycles. The molecular weight excluding hydrogens is 250 g/mol. The minimum Gasteiger partial charge on any atom is -0.397 e. The van der Waals surface area contributed by atoms with Gasteiger partial charge in [0.25, 0.3) is 5.91 Å². The van der Waals surface area contributed by atoms with Crippen LogP contribution in [0.4, 0.5) is 10.7 Å². The number of nitrogen functional groups attached to an aromatic ring is 1. The van der Waals surface area contributed by atoms with E-state index in [9.17, 15) is 9.59 Å². The Morgan fingerprint density at radius 2 is 1.78 bits per heavy atom. The van der Waals surface area contributed by atoms with E-state index in [0.29, 0.717) is 16.3 Å². The van der Waals surface area contributed by atoms with Gasteiger partial charge in [-0.1, -0.05) is 6.92 Å². The summed E-state index contributed by atoms with van der Waals surface area (Å²) in [6, 6.07) is 0. The first kappa shape index (κ1) is 14.5. The number of primary amides is 1. The molecule has 0 aliphatic rings. The summed E-state index contributed by atoms with van der Waals surface area (Å²) >= 11 is 1.25. The number of amides is 1. The zero-order chi connectivity index (χ0) is 13.9. The van der Waals surface area contributed by atoms with E-state index < -0.39 is 5.91 Å². The lowest BCUT2D eigenvalue weighted by Crippen LogP contribution is -2.24. The first-order chi connectivity index (χ1) is 8.47. The van der Waals surface area contributed by atoms with Gasteiger partial charge in [-0.05, 0) is 13.8 Å². The Labute approximate surface area is 111 Å². The van der Waals surface area contributed by atoms with Crippen LogP contribution in [-0.4, -0.2) is 24.8 Å². The predicted octanol–water partition coefficient (Wildman–Crippen LogP) is 1.87. The minimum atomic E-state index is -0.583. The summed E-state index contributed by atoms with van der Waals surface area (Å²) in [4.78, 5) is 25.7. The summed E-state index contributed by atoms with van der Waals surface area (Å²) < 4.78 is 0. The quantitative estimate of drug-likeness (QED) is 0.771. The van der Waals surface area contributed by atoms with Crippen LogP contribution in [0.15, 0.2) is 0 Å². The summed E-state index contributed by atoms with van der Waals surface area (Å²) in [7, 11) is 0. The van der Waals surface area contributed by atoms with Crippen molar-refractivity contribution in [2.45, 2.75) is 27.2 Å². The predicted molar refractivity (Wildman–Crippen MR) is 75.4 cm³/mol. The Bertz CT molecular complexity index is 464. The van der Waals surface area contributed by atoms with Crippen LogP contribution in [0.2, 0.25) is 0 Å². The molecule has 1 heterocycles. The van der Waals surface area contributed by atoms with Crippen molar-refractivity contribution in [1.82, 2.24) is 0 Å². The number of ketones is 1. The van der Waals surface area contributed by atoms with Gasteiger partial charge in [0.2, 0.25) is 0 Å². The van der Waals surface area contributed by atoms with Crippen LogP contribution in [0.1, 0.15) is 47.2 Å². The molecule has 1 aromatic heterocycles. The molecule has 0 spiro atoms. The number of hydrogen-bond donors (Lipinski definition) is 2. The number of nitrogens with two attached hydrogens (primary N) is 2. The molecule has 18 heavy (non-hydrogen) atoms. The fourth-order valence-electron chi connectivity index (χ4n) is 1.77. The van der Waals surface area contributed by atoms with E-state index in [-0.39, 0.29) is 17.0 Å². The molecule has 4 N–H and O–H groups in total. The monoisotopic (exact) mass is 269 g/mol. The number of rotatable bonds is 6. The maximum Gasteiger partial charge on any atom is 0.253 e. The average molecular weight is 269 g/mol. The van der Waals surface area contributed by atoms with Crippen molar-refractivity contribution in [2.75, 3.05) is 23.7 Å². The molecule has 5 nitrogen and oxygen atoms in total. The highest BCUT2D eigenvalue weighted by molar-refractivity contribution is 7.19. The molecule has 0 unspecified atom stereocenters. The second-order valence-electron chi connectivity index (χ2n) is 3.84. The van der Waals surface area contributed by atoms with Gasteiger partial charge in [0.05, 0.1) is 16.1 Å². The summed E-state index contributed by atoms with van der Waals surface area (Å²) in [5.41, 5.74) is 11.8. The van der Waals surface area contributed by atoms with Gasteiger partial charge >= 0.3 is 0 Å². The first-order valence-corrected chi connectivity index (χ1v) is 6.79. The molecule has 6 heteroatoms. The van der Waals surface area contributed by atoms with Gasteiger partial charge in [-0.15, -0.1) is 11.3 Å². The smallest absolute Gasteiger partial charge is 0.253 e. The highest BCUT2D eigenvalue weighted by Gasteiger charge is 2.25. The van der Waals surface area contributed by atoms with Crippen LogP contribution in [-0.2, 0) is 0 Å².